The number of aromatic carboxylic acids is 1. The van der Waals surface area contributed by atoms with Crippen molar-refractivity contribution in [3.05, 3.63) is 53.7 Å². The SMILES string of the molecule is COc1cccc(CS(=O)c2cccc(C(=O)O)c2)n1. The highest BCUT2D eigenvalue weighted by Crippen LogP contribution is 2.15. The molecule has 2 rings (SSSR count). The Balaban J connectivity index is 2.19. The van der Waals surface area contributed by atoms with Crippen molar-refractivity contribution in [2.45, 2.75) is 10.6 Å². The third-order valence-corrected chi connectivity index (χ3v) is 3.95. The topological polar surface area (TPSA) is 76.5 Å². The van der Waals surface area contributed by atoms with Crippen molar-refractivity contribution in [3.63, 3.8) is 0 Å². The van der Waals surface area contributed by atoms with Crippen LogP contribution in [0.15, 0.2) is 47.4 Å². The number of rotatable bonds is 5. The molecule has 1 heterocycles. The molecule has 0 aliphatic carbocycles. The second kappa shape index (κ2) is 6.29. The number of ether oxygens (including phenoxy) is 1. The number of carbonyl (C=O) groups is 1. The maximum Gasteiger partial charge on any atom is 0.335 e. The van der Waals surface area contributed by atoms with Crippen LogP contribution in [0.1, 0.15) is 16.1 Å². The Morgan fingerprint density at radius 2 is 2.05 bits per heavy atom. The second-order valence-electron chi connectivity index (χ2n) is 3.99. The van der Waals surface area contributed by atoms with E-state index in [1.54, 1.807) is 30.3 Å². The van der Waals surface area contributed by atoms with Gasteiger partial charge in [-0.3, -0.25) is 4.21 Å². The maximum atomic E-state index is 12.2. The van der Waals surface area contributed by atoms with E-state index >= 15 is 0 Å². The minimum Gasteiger partial charge on any atom is -0.481 e. The number of carboxylic acid groups (broad SMARTS) is 1. The summed E-state index contributed by atoms with van der Waals surface area (Å²) in [5.74, 6) is -0.373. The third-order valence-electron chi connectivity index (χ3n) is 2.61. The largest absolute Gasteiger partial charge is 0.481 e. The van der Waals surface area contributed by atoms with E-state index in [0.717, 1.165) is 0 Å². The van der Waals surface area contributed by atoms with Gasteiger partial charge in [0.1, 0.15) is 0 Å². The molecule has 1 aromatic heterocycles. The molecule has 0 fully saturated rings. The smallest absolute Gasteiger partial charge is 0.335 e. The fourth-order valence-corrected chi connectivity index (χ4v) is 2.72. The van der Waals surface area contributed by atoms with Gasteiger partial charge in [0, 0.05) is 11.0 Å². The van der Waals surface area contributed by atoms with E-state index in [1.807, 2.05) is 0 Å². The van der Waals surface area contributed by atoms with E-state index in [9.17, 15) is 9.00 Å². The number of hydrogen-bond donors (Lipinski definition) is 1. The van der Waals surface area contributed by atoms with Gasteiger partial charge in [0.2, 0.25) is 5.88 Å². The molecular formula is C14H13NO4S. The highest BCUT2D eigenvalue weighted by molar-refractivity contribution is 7.84. The molecule has 1 aromatic carbocycles. The first kappa shape index (κ1) is 14.2. The number of benzene rings is 1. The number of aromatic nitrogens is 1. The summed E-state index contributed by atoms with van der Waals surface area (Å²) in [6.45, 7) is 0. The molecule has 0 saturated carbocycles. The quantitative estimate of drug-likeness (QED) is 0.913. The molecule has 0 saturated heterocycles. The molecule has 2 aromatic rings. The van der Waals surface area contributed by atoms with Crippen molar-refractivity contribution >= 4 is 16.8 Å². The van der Waals surface area contributed by atoms with E-state index < -0.39 is 16.8 Å². The number of hydrogen-bond acceptors (Lipinski definition) is 4. The fourth-order valence-electron chi connectivity index (χ4n) is 1.64. The summed E-state index contributed by atoms with van der Waals surface area (Å²) in [4.78, 5) is 15.5. The zero-order valence-electron chi connectivity index (χ0n) is 10.8. The zero-order chi connectivity index (χ0) is 14.5. The number of carboxylic acids is 1. The molecule has 1 atom stereocenters. The lowest BCUT2D eigenvalue weighted by molar-refractivity contribution is 0.0696. The molecular weight excluding hydrogens is 278 g/mol. The molecule has 1 N–H and O–H groups in total. The van der Waals surface area contributed by atoms with Crippen LogP contribution >= 0.6 is 0 Å². The summed E-state index contributed by atoms with van der Waals surface area (Å²) >= 11 is 0. The van der Waals surface area contributed by atoms with Gasteiger partial charge < -0.3 is 9.84 Å². The molecule has 5 nitrogen and oxygen atoms in total. The highest BCUT2D eigenvalue weighted by Gasteiger charge is 2.10. The van der Waals surface area contributed by atoms with Gasteiger partial charge in [-0.25, -0.2) is 9.78 Å². The van der Waals surface area contributed by atoms with Gasteiger partial charge in [-0.1, -0.05) is 12.1 Å². The summed E-state index contributed by atoms with van der Waals surface area (Å²) in [5, 5.41) is 8.92. The van der Waals surface area contributed by atoms with Crippen LogP contribution < -0.4 is 4.74 Å². The Morgan fingerprint density at radius 3 is 2.75 bits per heavy atom. The minimum atomic E-state index is -1.35. The lowest BCUT2D eigenvalue weighted by atomic mass is 10.2. The molecule has 0 radical (unpaired) electrons. The summed E-state index contributed by atoms with van der Waals surface area (Å²) in [5.41, 5.74) is 0.748. The molecule has 6 heteroatoms. The predicted octanol–water partition coefficient (Wildman–Crippen LogP) is 2.10. The highest BCUT2D eigenvalue weighted by atomic mass is 32.2. The van der Waals surface area contributed by atoms with Gasteiger partial charge in [0.15, 0.2) is 0 Å². The van der Waals surface area contributed by atoms with E-state index in [-0.39, 0.29) is 11.3 Å². The predicted molar refractivity (Wildman–Crippen MR) is 74.3 cm³/mol. The Bertz CT molecular complexity index is 657. The summed E-state index contributed by atoms with van der Waals surface area (Å²) < 4.78 is 17.2. The summed E-state index contributed by atoms with van der Waals surface area (Å²) in [7, 11) is 0.160. The first-order valence-corrected chi connectivity index (χ1v) is 7.13. The van der Waals surface area contributed by atoms with Gasteiger partial charge in [0.05, 0.1) is 34.9 Å². The second-order valence-corrected chi connectivity index (χ2v) is 5.45. The lowest BCUT2D eigenvalue weighted by Crippen LogP contribution is -2.02. The molecule has 0 bridgehead atoms. The first-order valence-electron chi connectivity index (χ1n) is 5.82. The number of methoxy groups -OCH3 is 1. The third kappa shape index (κ3) is 3.42. The molecule has 0 aliphatic rings. The van der Waals surface area contributed by atoms with E-state index in [4.69, 9.17) is 9.84 Å². The molecule has 0 aliphatic heterocycles. The Kier molecular flexibility index (Phi) is 4.47. The fraction of sp³-hybridized carbons (Fsp3) is 0.143. The molecule has 20 heavy (non-hydrogen) atoms. The maximum absolute atomic E-state index is 12.2. The lowest BCUT2D eigenvalue weighted by Gasteiger charge is -2.05. The summed E-state index contributed by atoms with van der Waals surface area (Å²) in [6.07, 6.45) is 0. The van der Waals surface area contributed by atoms with Gasteiger partial charge in [-0.05, 0) is 24.3 Å². The number of nitrogens with zero attached hydrogens (tertiary/aromatic N) is 1. The van der Waals surface area contributed by atoms with Crippen molar-refractivity contribution in [2.75, 3.05) is 7.11 Å². The van der Waals surface area contributed by atoms with Gasteiger partial charge in [-0.2, -0.15) is 0 Å². The van der Waals surface area contributed by atoms with Crippen molar-refractivity contribution in [1.29, 1.82) is 0 Å². The standard InChI is InChI=1S/C14H13NO4S/c1-19-13-7-3-5-11(15-13)9-20(18)12-6-2-4-10(8-12)14(16)17/h2-8H,9H2,1H3,(H,16,17). The van der Waals surface area contributed by atoms with Gasteiger partial charge in [0.25, 0.3) is 0 Å². The Labute approximate surface area is 118 Å². The normalized spacial score (nSPS) is 11.8. The van der Waals surface area contributed by atoms with Crippen LogP contribution in [0.5, 0.6) is 5.88 Å². The Hall–Kier alpha value is -2.21. The van der Waals surface area contributed by atoms with Crippen molar-refractivity contribution < 1.29 is 18.8 Å². The van der Waals surface area contributed by atoms with Crippen LogP contribution in [0.3, 0.4) is 0 Å². The molecule has 0 amide bonds. The number of pyridine rings is 1. The van der Waals surface area contributed by atoms with Crippen molar-refractivity contribution in [3.8, 4) is 5.88 Å². The van der Waals surface area contributed by atoms with Gasteiger partial charge >= 0.3 is 5.97 Å². The van der Waals surface area contributed by atoms with Crippen LogP contribution in [-0.4, -0.2) is 27.4 Å². The molecule has 0 spiro atoms. The molecule has 1 unspecified atom stereocenters. The molecule has 104 valence electrons. The van der Waals surface area contributed by atoms with E-state index in [2.05, 4.69) is 4.98 Å². The monoisotopic (exact) mass is 291 g/mol. The average Bonchev–Trinajstić information content (AvgIpc) is 2.47. The average molecular weight is 291 g/mol. The van der Waals surface area contributed by atoms with Crippen LogP contribution in [0, 0.1) is 0 Å². The van der Waals surface area contributed by atoms with Crippen molar-refractivity contribution in [2.24, 2.45) is 0 Å². The Morgan fingerprint density at radius 1 is 1.30 bits per heavy atom. The van der Waals surface area contributed by atoms with Crippen LogP contribution in [0.25, 0.3) is 0 Å². The van der Waals surface area contributed by atoms with E-state index in [1.165, 1.54) is 19.2 Å². The van der Waals surface area contributed by atoms with Crippen LogP contribution in [-0.2, 0) is 16.6 Å². The minimum absolute atomic E-state index is 0.120. The summed E-state index contributed by atoms with van der Waals surface area (Å²) in [6, 6.07) is 11.3. The van der Waals surface area contributed by atoms with Crippen LogP contribution in [0.2, 0.25) is 0 Å². The zero-order valence-corrected chi connectivity index (χ0v) is 11.6. The van der Waals surface area contributed by atoms with Gasteiger partial charge in [-0.15, -0.1) is 0 Å². The van der Waals surface area contributed by atoms with Crippen LogP contribution in [0.4, 0.5) is 0 Å². The van der Waals surface area contributed by atoms with Crippen molar-refractivity contribution in [1.82, 2.24) is 4.98 Å². The first-order chi connectivity index (χ1) is 9.60. The van der Waals surface area contributed by atoms with E-state index in [0.29, 0.717) is 16.5 Å².